The van der Waals surface area contributed by atoms with Crippen molar-refractivity contribution in [1.82, 2.24) is 0 Å². The van der Waals surface area contributed by atoms with Crippen LogP contribution in [0.4, 0.5) is 0 Å². The van der Waals surface area contributed by atoms with Gasteiger partial charge in [-0.25, -0.2) is 0 Å². The minimum Gasteiger partial charge on any atom is -0.0961 e. The van der Waals surface area contributed by atoms with Crippen molar-refractivity contribution >= 4 is 38.5 Å². The van der Waals surface area contributed by atoms with Gasteiger partial charge in [0, 0.05) is 4.90 Å². The lowest BCUT2D eigenvalue weighted by atomic mass is 10.1. The maximum atomic E-state index is 3.88. The zero-order valence-corrected chi connectivity index (χ0v) is 12.0. The molecule has 2 heteroatoms. The molecule has 0 aliphatic heterocycles. The third kappa shape index (κ3) is 3.24. The summed E-state index contributed by atoms with van der Waals surface area (Å²) in [7, 11) is 0. The molecule has 0 N–H and O–H groups in total. The summed E-state index contributed by atoms with van der Waals surface area (Å²) in [5.74, 6) is 0. The SMILES string of the molecule is C=C(C)/C=C(/Br)Sc1cccc2ccccc12. The lowest BCUT2D eigenvalue weighted by Crippen LogP contribution is -1.76. The van der Waals surface area contributed by atoms with Crippen molar-refractivity contribution in [1.29, 1.82) is 0 Å². The highest BCUT2D eigenvalue weighted by Crippen LogP contribution is 2.36. The van der Waals surface area contributed by atoms with Crippen LogP contribution in [0, 0.1) is 0 Å². The molecule has 0 amide bonds. The van der Waals surface area contributed by atoms with E-state index in [1.807, 2.05) is 13.0 Å². The third-order valence-corrected chi connectivity index (χ3v) is 3.92. The van der Waals surface area contributed by atoms with E-state index in [9.17, 15) is 0 Å². The molecule has 0 aromatic heterocycles. The smallest absolute Gasteiger partial charge is 0.0554 e. The van der Waals surface area contributed by atoms with E-state index >= 15 is 0 Å². The van der Waals surface area contributed by atoms with Crippen molar-refractivity contribution in [2.24, 2.45) is 0 Å². The van der Waals surface area contributed by atoms with Gasteiger partial charge in [-0.2, -0.15) is 0 Å². The molecule has 17 heavy (non-hydrogen) atoms. The van der Waals surface area contributed by atoms with Crippen LogP contribution in [0.2, 0.25) is 0 Å². The van der Waals surface area contributed by atoms with Crippen molar-refractivity contribution < 1.29 is 0 Å². The topological polar surface area (TPSA) is 0 Å². The van der Waals surface area contributed by atoms with Crippen molar-refractivity contribution in [3.05, 3.63) is 64.5 Å². The van der Waals surface area contributed by atoms with E-state index in [0.717, 1.165) is 9.39 Å². The van der Waals surface area contributed by atoms with Crippen LogP contribution in [0.15, 0.2) is 69.4 Å². The standard InChI is InChI=1S/C15H13BrS/c1-11(2)10-15(16)17-14-9-5-7-12-6-3-4-8-13(12)14/h3-10H,1H2,2H3/b15-10-. The first-order chi connectivity index (χ1) is 8.16. The summed E-state index contributed by atoms with van der Waals surface area (Å²) in [5, 5.41) is 2.56. The van der Waals surface area contributed by atoms with Crippen molar-refractivity contribution in [3.8, 4) is 0 Å². The van der Waals surface area contributed by atoms with E-state index in [1.54, 1.807) is 11.8 Å². The zero-order valence-electron chi connectivity index (χ0n) is 9.61. The molecule has 86 valence electrons. The van der Waals surface area contributed by atoms with Crippen LogP contribution in [0.3, 0.4) is 0 Å². The molecule has 0 unspecified atom stereocenters. The molecule has 0 radical (unpaired) electrons. The molecule has 0 bridgehead atoms. The van der Waals surface area contributed by atoms with Gasteiger partial charge in [-0.3, -0.25) is 0 Å². The summed E-state index contributed by atoms with van der Waals surface area (Å²) in [5.41, 5.74) is 1.05. The van der Waals surface area contributed by atoms with Gasteiger partial charge in [-0.05, 0) is 45.8 Å². The van der Waals surface area contributed by atoms with Gasteiger partial charge in [0.15, 0.2) is 0 Å². The van der Waals surface area contributed by atoms with Crippen LogP contribution in [0.1, 0.15) is 6.92 Å². The largest absolute Gasteiger partial charge is 0.0961 e. The number of thioether (sulfide) groups is 1. The molecule has 0 aliphatic carbocycles. The summed E-state index contributed by atoms with van der Waals surface area (Å²) >= 11 is 5.28. The monoisotopic (exact) mass is 304 g/mol. The van der Waals surface area contributed by atoms with E-state index in [4.69, 9.17) is 0 Å². The first kappa shape index (κ1) is 12.5. The lowest BCUT2D eigenvalue weighted by Gasteiger charge is -2.05. The Morgan fingerprint density at radius 2 is 1.88 bits per heavy atom. The fourth-order valence-corrected chi connectivity index (χ4v) is 3.44. The van der Waals surface area contributed by atoms with Crippen molar-refractivity contribution in [2.75, 3.05) is 0 Å². The molecule has 0 aliphatic rings. The molecular formula is C15H13BrS. The van der Waals surface area contributed by atoms with Gasteiger partial charge in [0.1, 0.15) is 0 Å². The summed E-state index contributed by atoms with van der Waals surface area (Å²) in [6, 6.07) is 14.8. The van der Waals surface area contributed by atoms with Gasteiger partial charge in [0.25, 0.3) is 0 Å². The van der Waals surface area contributed by atoms with Crippen LogP contribution >= 0.6 is 27.7 Å². The Kier molecular flexibility index (Phi) is 4.08. The second-order valence-electron chi connectivity index (χ2n) is 3.87. The summed E-state index contributed by atoms with van der Waals surface area (Å²) in [4.78, 5) is 1.26. The van der Waals surface area contributed by atoms with E-state index in [-0.39, 0.29) is 0 Å². The first-order valence-electron chi connectivity index (χ1n) is 5.35. The van der Waals surface area contributed by atoms with E-state index in [1.165, 1.54) is 15.7 Å². The van der Waals surface area contributed by atoms with Crippen molar-refractivity contribution in [2.45, 2.75) is 11.8 Å². The summed E-state index contributed by atoms with van der Waals surface area (Å²) in [6.07, 6.45) is 2.03. The molecule has 2 aromatic rings. The lowest BCUT2D eigenvalue weighted by molar-refractivity contribution is 1.54. The number of allylic oxidation sites excluding steroid dienone is 2. The molecule has 0 fully saturated rings. The Morgan fingerprint density at radius 1 is 1.18 bits per heavy atom. The van der Waals surface area contributed by atoms with E-state index < -0.39 is 0 Å². The first-order valence-corrected chi connectivity index (χ1v) is 6.96. The second kappa shape index (κ2) is 5.56. The number of halogens is 1. The molecule has 2 aromatic carbocycles. The Hall–Kier alpha value is -0.990. The average Bonchev–Trinajstić information content (AvgIpc) is 2.28. The van der Waals surface area contributed by atoms with Gasteiger partial charge in [-0.15, -0.1) is 0 Å². The molecule has 0 saturated heterocycles. The van der Waals surface area contributed by atoms with Crippen LogP contribution in [0.5, 0.6) is 0 Å². The minimum absolute atomic E-state index is 1.05. The third-order valence-electron chi connectivity index (χ3n) is 2.32. The molecule has 0 spiro atoms. The zero-order chi connectivity index (χ0) is 12.3. The van der Waals surface area contributed by atoms with Gasteiger partial charge in [0.2, 0.25) is 0 Å². The summed E-state index contributed by atoms with van der Waals surface area (Å²) in [6.45, 7) is 5.87. The number of hydrogen-bond donors (Lipinski definition) is 0. The van der Waals surface area contributed by atoms with Gasteiger partial charge < -0.3 is 0 Å². The summed E-state index contributed by atoms with van der Waals surface area (Å²) < 4.78 is 1.08. The maximum Gasteiger partial charge on any atom is 0.0554 e. The predicted octanol–water partition coefficient (Wildman–Crippen LogP) is 5.74. The number of benzene rings is 2. The number of fused-ring (bicyclic) bond motifs is 1. The Bertz CT molecular complexity index is 579. The molecule has 2 rings (SSSR count). The van der Waals surface area contributed by atoms with E-state index in [0.29, 0.717) is 0 Å². The Morgan fingerprint density at radius 3 is 2.65 bits per heavy atom. The highest BCUT2D eigenvalue weighted by molar-refractivity contribution is 9.14. The fourth-order valence-electron chi connectivity index (χ4n) is 1.61. The average molecular weight is 305 g/mol. The highest BCUT2D eigenvalue weighted by atomic mass is 79.9. The molecule has 0 atom stereocenters. The number of rotatable bonds is 3. The highest BCUT2D eigenvalue weighted by Gasteiger charge is 2.02. The van der Waals surface area contributed by atoms with Crippen LogP contribution in [-0.4, -0.2) is 0 Å². The minimum atomic E-state index is 1.05. The maximum absolute atomic E-state index is 3.88. The Labute approximate surface area is 115 Å². The normalized spacial score (nSPS) is 11.8. The van der Waals surface area contributed by atoms with Crippen LogP contribution in [-0.2, 0) is 0 Å². The van der Waals surface area contributed by atoms with Gasteiger partial charge in [-0.1, -0.05) is 60.3 Å². The molecule has 0 nitrogen and oxygen atoms in total. The molecule has 0 saturated carbocycles. The van der Waals surface area contributed by atoms with E-state index in [2.05, 4.69) is 65.0 Å². The van der Waals surface area contributed by atoms with Gasteiger partial charge >= 0.3 is 0 Å². The fraction of sp³-hybridized carbons (Fsp3) is 0.0667. The second-order valence-corrected chi connectivity index (χ2v) is 6.34. The van der Waals surface area contributed by atoms with Crippen LogP contribution < -0.4 is 0 Å². The van der Waals surface area contributed by atoms with Crippen LogP contribution in [0.25, 0.3) is 10.8 Å². The Balaban J connectivity index is 2.39. The predicted molar refractivity (Wildman–Crippen MR) is 81.6 cm³/mol. The van der Waals surface area contributed by atoms with Gasteiger partial charge in [0.05, 0.1) is 3.81 Å². The quantitative estimate of drug-likeness (QED) is 0.514. The van der Waals surface area contributed by atoms with Crippen molar-refractivity contribution in [3.63, 3.8) is 0 Å². The number of hydrogen-bond acceptors (Lipinski definition) is 1. The molecule has 0 heterocycles. The molecular weight excluding hydrogens is 292 g/mol.